The van der Waals surface area contributed by atoms with Gasteiger partial charge in [0.25, 0.3) is 5.91 Å². The van der Waals surface area contributed by atoms with E-state index in [0.717, 1.165) is 11.3 Å². The number of benzene rings is 1. The molecule has 2 rings (SSSR count). The van der Waals surface area contributed by atoms with Crippen molar-refractivity contribution in [2.24, 2.45) is 0 Å². The van der Waals surface area contributed by atoms with Gasteiger partial charge in [-0.05, 0) is 30.5 Å². The molecule has 1 aliphatic heterocycles. The number of rotatable bonds is 6. The van der Waals surface area contributed by atoms with Crippen molar-refractivity contribution < 1.29 is 18.8 Å². The highest BCUT2D eigenvalue weighted by Gasteiger charge is 2.51. The molecule has 4 amide bonds. The zero-order chi connectivity index (χ0) is 17.0. The van der Waals surface area contributed by atoms with Crippen LogP contribution in [0.5, 0.6) is 0 Å². The Labute approximate surface area is 134 Å². The molecular weight excluding hydrogens is 301 g/mol. The smallest absolute Gasteiger partial charge is 0.325 e. The summed E-state index contributed by atoms with van der Waals surface area (Å²) in [5, 5.41) is 5.28. The minimum absolute atomic E-state index is 0.302. The van der Waals surface area contributed by atoms with Gasteiger partial charge in [0.15, 0.2) is 0 Å². The fourth-order valence-corrected chi connectivity index (χ4v) is 2.61. The van der Waals surface area contributed by atoms with Crippen molar-refractivity contribution >= 4 is 17.8 Å². The lowest BCUT2D eigenvalue weighted by molar-refractivity contribution is -0.135. The fourth-order valence-electron chi connectivity index (χ4n) is 2.61. The van der Waals surface area contributed by atoms with E-state index in [1.165, 1.54) is 24.3 Å². The SMILES string of the molecule is CCCNC(=O)CN1C(=O)N[C@@](CC)(c2ccc(F)cc2)C1=O. The van der Waals surface area contributed by atoms with Crippen molar-refractivity contribution in [2.45, 2.75) is 32.2 Å². The Morgan fingerprint density at radius 3 is 2.48 bits per heavy atom. The highest BCUT2D eigenvalue weighted by Crippen LogP contribution is 2.32. The molecule has 23 heavy (non-hydrogen) atoms. The van der Waals surface area contributed by atoms with Crippen LogP contribution >= 0.6 is 0 Å². The van der Waals surface area contributed by atoms with Gasteiger partial charge in [0.05, 0.1) is 0 Å². The van der Waals surface area contributed by atoms with E-state index in [1.807, 2.05) is 6.92 Å². The van der Waals surface area contributed by atoms with Crippen molar-refractivity contribution in [2.75, 3.05) is 13.1 Å². The molecule has 0 radical (unpaired) electrons. The molecule has 124 valence electrons. The number of carbonyl (C=O) groups is 3. The van der Waals surface area contributed by atoms with Crippen LogP contribution in [-0.2, 0) is 15.1 Å². The van der Waals surface area contributed by atoms with E-state index in [0.29, 0.717) is 18.5 Å². The van der Waals surface area contributed by atoms with Gasteiger partial charge in [-0.3, -0.25) is 14.5 Å². The average molecular weight is 321 g/mol. The van der Waals surface area contributed by atoms with Gasteiger partial charge in [0.1, 0.15) is 17.9 Å². The summed E-state index contributed by atoms with van der Waals surface area (Å²) in [5.41, 5.74) is -0.758. The Kier molecular flexibility index (Phi) is 4.98. The highest BCUT2D eigenvalue weighted by molar-refractivity contribution is 6.09. The monoisotopic (exact) mass is 321 g/mol. The van der Waals surface area contributed by atoms with Gasteiger partial charge in [-0.2, -0.15) is 0 Å². The minimum atomic E-state index is -1.25. The molecule has 1 aliphatic rings. The van der Waals surface area contributed by atoms with Crippen molar-refractivity contribution in [3.63, 3.8) is 0 Å². The van der Waals surface area contributed by atoms with Crippen LogP contribution in [0.4, 0.5) is 9.18 Å². The molecule has 0 aliphatic carbocycles. The van der Waals surface area contributed by atoms with Crippen LogP contribution in [0.1, 0.15) is 32.3 Å². The number of hydrogen-bond acceptors (Lipinski definition) is 3. The van der Waals surface area contributed by atoms with Crippen molar-refractivity contribution in [3.05, 3.63) is 35.6 Å². The third-order valence-corrected chi connectivity index (χ3v) is 3.92. The molecule has 1 aromatic carbocycles. The van der Waals surface area contributed by atoms with E-state index in [9.17, 15) is 18.8 Å². The summed E-state index contributed by atoms with van der Waals surface area (Å²) in [6.45, 7) is 3.82. The molecule has 1 saturated heterocycles. The van der Waals surface area contributed by atoms with Crippen molar-refractivity contribution in [1.29, 1.82) is 0 Å². The van der Waals surface area contributed by atoms with Crippen molar-refractivity contribution in [3.8, 4) is 0 Å². The molecular formula is C16H20FN3O3. The van der Waals surface area contributed by atoms with Crippen LogP contribution in [-0.4, -0.2) is 35.8 Å². The molecule has 2 N–H and O–H groups in total. The zero-order valence-corrected chi connectivity index (χ0v) is 13.2. The molecule has 1 atom stereocenters. The summed E-state index contributed by atoms with van der Waals surface area (Å²) in [5.74, 6) is -1.31. The van der Waals surface area contributed by atoms with Gasteiger partial charge >= 0.3 is 6.03 Å². The van der Waals surface area contributed by atoms with E-state index in [1.54, 1.807) is 6.92 Å². The van der Waals surface area contributed by atoms with Crippen LogP contribution in [0, 0.1) is 5.82 Å². The Hall–Kier alpha value is -2.44. The second kappa shape index (κ2) is 6.76. The number of amides is 4. The fraction of sp³-hybridized carbons (Fsp3) is 0.438. The topological polar surface area (TPSA) is 78.5 Å². The lowest BCUT2D eigenvalue weighted by atomic mass is 9.87. The lowest BCUT2D eigenvalue weighted by Gasteiger charge is -2.25. The Balaban J connectivity index is 2.24. The number of hydrogen-bond donors (Lipinski definition) is 2. The van der Waals surface area contributed by atoms with Crippen LogP contribution in [0.15, 0.2) is 24.3 Å². The summed E-state index contributed by atoms with van der Waals surface area (Å²) < 4.78 is 13.1. The second-order valence-electron chi connectivity index (χ2n) is 5.44. The minimum Gasteiger partial charge on any atom is -0.355 e. The highest BCUT2D eigenvalue weighted by atomic mass is 19.1. The van der Waals surface area contributed by atoms with Crippen LogP contribution < -0.4 is 10.6 Å². The molecule has 0 spiro atoms. The van der Waals surface area contributed by atoms with Crippen molar-refractivity contribution in [1.82, 2.24) is 15.5 Å². The summed E-state index contributed by atoms with van der Waals surface area (Å²) in [7, 11) is 0. The maximum atomic E-state index is 13.1. The number of halogens is 1. The molecule has 7 heteroatoms. The number of carbonyl (C=O) groups excluding carboxylic acids is 3. The molecule has 6 nitrogen and oxygen atoms in total. The average Bonchev–Trinajstić information content (AvgIpc) is 2.78. The first-order valence-corrected chi connectivity index (χ1v) is 7.61. The number of nitrogens with one attached hydrogen (secondary N) is 2. The van der Waals surface area contributed by atoms with Gasteiger partial charge in [0, 0.05) is 6.54 Å². The van der Waals surface area contributed by atoms with Gasteiger partial charge in [-0.15, -0.1) is 0 Å². The zero-order valence-electron chi connectivity index (χ0n) is 13.2. The normalized spacial score (nSPS) is 20.6. The predicted molar refractivity (Wildman–Crippen MR) is 81.9 cm³/mol. The molecule has 0 bridgehead atoms. The number of nitrogens with zero attached hydrogens (tertiary/aromatic N) is 1. The van der Waals surface area contributed by atoms with E-state index in [2.05, 4.69) is 10.6 Å². The molecule has 1 heterocycles. The summed E-state index contributed by atoms with van der Waals surface area (Å²) >= 11 is 0. The standard InChI is InChI=1S/C16H20FN3O3/c1-3-9-18-13(21)10-20-14(22)16(4-2,19-15(20)23)11-5-7-12(17)8-6-11/h5-8H,3-4,9-10H2,1-2H3,(H,18,21)(H,19,23)/t16-/m0/s1. The molecule has 1 aromatic rings. The Morgan fingerprint density at radius 2 is 1.91 bits per heavy atom. The van der Waals surface area contributed by atoms with Crippen LogP contribution in [0.25, 0.3) is 0 Å². The molecule has 0 aromatic heterocycles. The number of imide groups is 1. The summed E-state index contributed by atoms with van der Waals surface area (Å²) in [6, 6.07) is 4.80. The summed E-state index contributed by atoms with van der Waals surface area (Å²) in [6.07, 6.45) is 1.07. The first-order valence-electron chi connectivity index (χ1n) is 7.61. The third kappa shape index (κ3) is 3.18. The second-order valence-corrected chi connectivity index (χ2v) is 5.44. The first-order chi connectivity index (χ1) is 10.9. The maximum Gasteiger partial charge on any atom is 0.325 e. The van der Waals surface area contributed by atoms with Gasteiger partial charge in [-0.25, -0.2) is 9.18 Å². The maximum absolute atomic E-state index is 13.1. The Morgan fingerprint density at radius 1 is 1.26 bits per heavy atom. The largest absolute Gasteiger partial charge is 0.355 e. The van der Waals surface area contributed by atoms with E-state index in [-0.39, 0.29) is 12.5 Å². The summed E-state index contributed by atoms with van der Waals surface area (Å²) in [4.78, 5) is 37.6. The molecule has 1 fully saturated rings. The first kappa shape index (κ1) is 16.9. The van der Waals surface area contributed by atoms with Gasteiger partial charge in [0.2, 0.25) is 5.91 Å². The lowest BCUT2D eigenvalue weighted by Crippen LogP contribution is -2.44. The third-order valence-electron chi connectivity index (χ3n) is 3.92. The van der Waals surface area contributed by atoms with Gasteiger partial charge in [-0.1, -0.05) is 26.0 Å². The predicted octanol–water partition coefficient (Wildman–Crippen LogP) is 1.51. The van der Waals surface area contributed by atoms with Crippen LogP contribution in [0.3, 0.4) is 0 Å². The van der Waals surface area contributed by atoms with E-state index < -0.39 is 23.3 Å². The molecule has 0 saturated carbocycles. The molecule has 0 unspecified atom stereocenters. The Bertz CT molecular complexity index is 618. The van der Waals surface area contributed by atoms with Gasteiger partial charge < -0.3 is 10.6 Å². The van der Waals surface area contributed by atoms with E-state index in [4.69, 9.17) is 0 Å². The number of urea groups is 1. The quantitative estimate of drug-likeness (QED) is 0.780. The van der Waals surface area contributed by atoms with Crippen LogP contribution in [0.2, 0.25) is 0 Å². The van der Waals surface area contributed by atoms with E-state index >= 15 is 0 Å².